The Bertz CT molecular complexity index is 1350. The van der Waals surface area contributed by atoms with Gasteiger partial charge in [-0.15, -0.1) is 0 Å². The Balaban J connectivity index is 2.05. The first kappa shape index (κ1) is 20.6. The Morgan fingerprint density at radius 1 is 0.806 bits per heavy atom. The van der Waals surface area contributed by atoms with Crippen molar-refractivity contribution in [2.75, 3.05) is 0 Å². The number of fused-ring (bicyclic) bond motifs is 2. The molecular weight excluding hydrogens is 406 g/mol. The molecule has 0 unspecified atom stereocenters. The van der Waals surface area contributed by atoms with Crippen LogP contribution in [0.5, 0.6) is 11.5 Å². The van der Waals surface area contributed by atoms with Gasteiger partial charge < -0.3 is 9.47 Å². The summed E-state index contributed by atoms with van der Waals surface area (Å²) >= 11 is 0. The molecule has 0 saturated heterocycles. The lowest BCUT2D eigenvalue weighted by molar-refractivity contribution is 0.244. The van der Waals surface area contributed by atoms with Gasteiger partial charge in [0.1, 0.15) is 41.2 Å². The van der Waals surface area contributed by atoms with Crippen LogP contribution in [-0.2, 0) is 0 Å². The third-order valence-corrected chi connectivity index (χ3v) is 4.39. The van der Waals surface area contributed by atoms with E-state index in [0.29, 0.717) is 5.39 Å². The number of ether oxygens (including phenoxy) is 2. The number of nitrogens with zero attached hydrogens (tertiary/aromatic N) is 4. The van der Waals surface area contributed by atoms with Gasteiger partial charge in [0.2, 0.25) is 0 Å². The minimum Gasteiger partial charge on any atom is -0.490 e. The predicted molar refractivity (Wildman–Crippen MR) is 112 cm³/mol. The third kappa shape index (κ3) is 3.90. The van der Waals surface area contributed by atoms with Crippen molar-refractivity contribution in [3.63, 3.8) is 0 Å². The summed E-state index contributed by atoms with van der Waals surface area (Å²) < 4.78 is 40.7. The molecule has 2 aromatic carbocycles. The molecule has 9 heteroatoms. The van der Waals surface area contributed by atoms with E-state index in [1.54, 1.807) is 27.7 Å². The highest BCUT2D eigenvalue weighted by atomic mass is 19.1. The van der Waals surface area contributed by atoms with Gasteiger partial charge in [0.25, 0.3) is 5.56 Å². The maximum absolute atomic E-state index is 14.1. The summed E-state index contributed by atoms with van der Waals surface area (Å²) in [5, 5.41) is 0.465. The fourth-order valence-electron chi connectivity index (χ4n) is 3.31. The van der Waals surface area contributed by atoms with Crippen LogP contribution >= 0.6 is 0 Å². The third-order valence-electron chi connectivity index (χ3n) is 4.39. The maximum Gasteiger partial charge on any atom is 0.270 e. The molecule has 0 N–H and O–H groups in total. The number of rotatable bonds is 5. The van der Waals surface area contributed by atoms with Crippen molar-refractivity contribution in [1.82, 2.24) is 19.5 Å². The van der Waals surface area contributed by atoms with Gasteiger partial charge >= 0.3 is 0 Å². The number of halogens is 2. The molecule has 0 saturated carbocycles. The van der Waals surface area contributed by atoms with Crippen LogP contribution in [0.2, 0.25) is 0 Å². The van der Waals surface area contributed by atoms with E-state index in [2.05, 4.69) is 15.0 Å². The molecule has 4 rings (SSSR count). The van der Waals surface area contributed by atoms with E-state index < -0.39 is 17.2 Å². The predicted octanol–water partition coefficient (Wildman–Crippen LogP) is 4.18. The standard InChI is InChI=1S/C22H20F2N4O3/c1-11(2)30-17-7-13(23)5-15-19(17)21(26-9-25-15)28-10-27-16-6-14(24)8-18(31-12(3)4)20(16)22(28)29/h5-12H,1-4H3. The molecule has 0 aliphatic rings. The highest BCUT2D eigenvalue weighted by molar-refractivity contribution is 5.92. The Kier molecular flexibility index (Phi) is 5.26. The lowest BCUT2D eigenvalue weighted by Gasteiger charge is -2.16. The van der Waals surface area contributed by atoms with Crippen molar-refractivity contribution in [2.24, 2.45) is 0 Å². The van der Waals surface area contributed by atoms with Crippen molar-refractivity contribution in [2.45, 2.75) is 39.9 Å². The minimum absolute atomic E-state index is 0.0833. The first-order valence-electron chi connectivity index (χ1n) is 9.73. The summed E-state index contributed by atoms with van der Waals surface area (Å²) in [6.07, 6.45) is 1.93. The van der Waals surface area contributed by atoms with Crippen LogP contribution in [0.15, 0.2) is 41.7 Å². The lowest BCUT2D eigenvalue weighted by atomic mass is 10.2. The van der Waals surface area contributed by atoms with Crippen LogP contribution in [0.4, 0.5) is 8.78 Å². The quantitative estimate of drug-likeness (QED) is 0.476. The van der Waals surface area contributed by atoms with Crippen molar-refractivity contribution in [3.05, 3.63) is 58.9 Å². The molecule has 160 valence electrons. The molecule has 0 fully saturated rings. The summed E-state index contributed by atoms with van der Waals surface area (Å²) in [5.74, 6) is -0.645. The van der Waals surface area contributed by atoms with Gasteiger partial charge in [0.15, 0.2) is 5.82 Å². The normalized spacial score (nSPS) is 11.6. The van der Waals surface area contributed by atoms with E-state index in [1.165, 1.54) is 29.4 Å². The maximum atomic E-state index is 14.1. The molecule has 7 nitrogen and oxygen atoms in total. The van der Waals surface area contributed by atoms with Gasteiger partial charge in [0.05, 0.1) is 28.6 Å². The van der Waals surface area contributed by atoms with Gasteiger partial charge in [-0.25, -0.2) is 28.3 Å². The number of hydrogen-bond acceptors (Lipinski definition) is 6. The molecule has 0 amide bonds. The topological polar surface area (TPSA) is 79.1 Å². The summed E-state index contributed by atoms with van der Waals surface area (Å²) in [7, 11) is 0. The van der Waals surface area contributed by atoms with Crippen LogP contribution in [0.3, 0.4) is 0 Å². The van der Waals surface area contributed by atoms with Crippen molar-refractivity contribution in [3.8, 4) is 17.3 Å². The van der Waals surface area contributed by atoms with Crippen LogP contribution in [0, 0.1) is 11.6 Å². The summed E-state index contributed by atoms with van der Waals surface area (Å²) in [4.78, 5) is 26.0. The SMILES string of the molecule is CC(C)Oc1cc(F)cc2ncnc(-n3cnc4cc(F)cc(OC(C)C)c4c3=O)c12. The van der Waals surface area contributed by atoms with E-state index in [0.717, 1.165) is 12.1 Å². The van der Waals surface area contributed by atoms with Gasteiger partial charge in [-0.1, -0.05) is 0 Å². The first-order chi connectivity index (χ1) is 14.7. The van der Waals surface area contributed by atoms with E-state index in [9.17, 15) is 13.6 Å². The molecular formula is C22H20F2N4O3. The smallest absolute Gasteiger partial charge is 0.270 e. The Morgan fingerprint density at radius 3 is 1.94 bits per heavy atom. The largest absolute Gasteiger partial charge is 0.490 e. The zero-order valence-electron chi connectivity index (χ0n) is 17.4. The van der Waals surface area contributed by atoms with Crippen LogP contribution in [0.1, 0.15) is 27.7 Å². The average molecular weight is 426 g/mol. The zero-order valence-corrected chi connectivity index (χ0v) is 17.4. The number of aromatic nitrogens is 4. The number of benzene rings is 2. The van der Waals surface area contributed by atoms with Crippen LogP contribution in [-0.4, -0.2) is 31.7 Å². The fourth-order valence-corrected chi connectivity index (χ4v) is 3.31. The Hall–Kier alpha value is -3.62. The lowest BCUT2D eigenvalue weighted by Crippen LogP contribution is -2.22. The van der Waals surface area contributed by atoms with Gasteiger partial charge in [-0.2, -0.15) is 0 Å². The Labute approximate surface area is 176 Å². The second kappa shape index (κ2) is 7.90. The van der Waals surface area contributed by atoms with Gasteiger partial charge in [0, 0.05) is 24.3 Å². The molecule has 0 aliphatic carbocycles. The monoisotopic (exact) mass is 426 g/mol. The molecule has 31 heavy (non-hydrogen) atoms. The van der Waals surface area contributed by atoms with Gasteiger partial charge in [-0.05, 0) is 27.7 Å². The van der Waals surface area contributed by atoms with Crippen molar-refractivity contribution < 1.29 is 18.3 Å². The molecule has 2 aromatic heterocycles. The zero-order chi connectivity index (χ0) is 22.3. The molecule has 2 heterocycles. The second-order valence-electron chi connectivity index (χ2n) is 7.55. The molecule has 0 spiro atoms. The van der Waals surface area contributed by atoms with E-state index in [1.807, 2.05) is 0 Å². The first-order valence-corrected chi connectivity index (χ1v) is 9.73. The highest BCUT2D eigenvalue weighted by Crippen LogP contribution is 2.31. The van der Waals surface area contributed by atoms with Crippen LogP contribution in [0.25, 0.3) is 27.6 Å². The van der Waals surface area contributed by atoms with E-state index >= 15 is 0 Å². The molecule has 0 atom stereocenters. The van der Waals surface area contributed by atoms with Crippen LogP contribution < -0.4 is 15.0 Å². The summed E-state index contributed by atoms with van der Waals surface area (Å²) in [5.41, 5.74) is -0.0918. The highest BCUT2D eigenvalue weighted by Gasteiger charge is 2.19. The number of hydrogen-bond donors (Lipinski definition) is 0. The molecule has 0 aliphatic heterocycles. The van der Waals surface area contributed by atoms with E-state index in [-0.39, 0.29) is 45.9 Å². The Morgan fingerprint density at radius 2 is 1.35 bits per heavy atom. The molecule has 0 radical (unpaired) electrons. The molecule has 0 bridgehead atoms. The van der Waals surface area contributed by atoms with Crippen molar-refractivity contribution in [1.29, 1.82) is 0 Å². The summed E-state index contributed by atoms with van der Waals surface area (Å²) in [6.45, 7) is 7.14. The second-order valence-corrected chi connectivity index (χ2v) is 7.55. The molecule has 4 aromatic rings. The van der Waals surface area contributed by atoms with E-state index in [4.69, 9.17) is 9.47 Å². The average Bonchev–Trinajstić information content (AvgIpc) is 2.66. The minimum atomic E-state index is -0.566. The van der Waals surface area contributed by atoms with Gasteiger partial charge in [-0.3, -0.25) is 4.79 Å². The summed E-state index contributed by atoms with van der Waals surface area (Å²) in [6, 6.07) is 4.76. The van der Waals surface area contributed by atoms with Crippen molar-refractivity contribution >= 4 is 21.8 Å². The fraction of sp³-hybridized carbons (Fsp3) is 0.273.